The molecule has 166 valence electrons. The standard InChI is InChI=1S/C25H27N3O4/c29-24(28-31)15-18-5-1-2-6-20(18)25(30)27-19-11-9-17(10-12-19)16-32-23-13-14-26-22-8-4-3-7-21(22)23/h3-4,7-14,18,20,31H,1-2,5-6,15-16H2,(H,27,30)(H,28,29)/t18-,20+/m1/s1. The third-order valence-electron chi connectivity index (χ3n) is 6.04. The van der Waals surface area contributed by atoms with E-state index in [-0.39, 0.29) is 24.2 Å². The number of pyridine rings is 1. The number of carbonyl (C=O) groups is 2. The van der Waals surface area contributed by atoms with E-state index in [2.05, 4.69) is 10.3 Å². The highest BCUT2D eigenvalue weighted by atomic mass is 16.5. The largest absolute Gasteiger partial charge is 0.488 e. The third-order valence-corrected chi connectivity index (χ3v) is 6.04. The fourth-order valence-electron chi connectivity index (χ4n) is 4.36. The molecule has 0 radical (unpaired) electrons. The molecule has 7 heteroatoms. The van der Waals surface area contributed by atoms with Gasteiger partial charge in [0.2, 0.25) is 11.8 Å². The fraction of sp³-hybridized carbons (Fsp3) is 0.320. The van der Waals surface area contributed by atoms with Gasteiger partial charge in [-0.3, -0.25) is 19.8 Å². The minimum absolute atomic E-state index is 0.0567. The predicted octanol–water partition coefficient (Wildman–Crippen LogP) is 4.45. The zero-order valence-electron chi connectivity index (χ0n) is 17.8. The average Bonchev–Trinajstić information content (AvgIpc) is 2.83. The third kappa shape index (κ3) is 5.23. The van der Waals surface area contributed by atoms with Gasteiger partial charge in [0.25, 0.3) is 0 Å². The smallest absolute Gasteiger partial charge is 0.243 e. The van der Waals surface area contributed by atoms with E-state index in [1.165, 1.54) is 0 Å². The number of fused-ring (bicyclic) bond motifs is 1. The van der Waals surface area contributed by atoms with Crippen LogP contribution >= 0.6 is 0 Å². The highest BCUT2D eigenvalue weighted by Gasteiger charge is 2.32. The second-order valence-electron chi connectivity index (χ2n) is 8.19. The highest BCUT2D eigenvalue weighted by Crippen LogP contribution is 2.33. The second-order valence-corrected chi connectivity index (χ2v) is 8.19. The first kappa shape index (κ1) is 21.8. The Bertz CT molecular complexity index is 1080. The van der Waals surface area contributed by atoms with E-state index < -0.39 is 5.91 Å². The van der Waals surface area contributed by atoms with E-state index in [9.17, 15) is 9.59 Å². The molecule has 2 aromatic carbocycles. The summed E-state index contributed by atoms with van der Waals surface area (Å²) in [7, 11) is 0. The average molecular weight is 434 g/mol. The number of hydrogen-bond donors (Lipinski definition) is 3. The molecule has 32 heavy (non-hydrogen) atoms. The lowest BCUT2D eigenvalue weighted by atomic mass is 9.77. The normalized spacial score (nSPS) is 18.2. The number of hydrogen-bond acceptors (Lipinski definition) is 5. The van der Waals surface area contributed by atoms with Crippen LogP contribution in [0.2, 0.25) is 0 Å². The Kier molecular flexibility index (Phi) is 6.97. The van der Waals surface area contributed by atoms with Crippen LogP contribution in [-0.4, -0.2) is 22.0 Å². The van der Waals surface area contributed by atoms with E-state index in [0.717, 1.165) is 47.9 Å². The van der Waals surface area contributed by atoms with Crippen LogP contribution < -0.4 is 15.5 Å². The number of aromatic nitrogens is 1. The minimum Gasteiger partial charge on any atom is -0.488 e. The van der Waals surface area contributed by atoms with Crippen molar-refractivity contribution in [3.8, 4) is 5.75 Å². The number of anilines is 1. The number of ether oxygens (including phenoxy) is 1. The van der Waals surface area contributed by atoms with Gasteiger partial charge >= 0.3 is 0 Å². The van der Waals surface area contributed by atoms with Crippen LogP contribution in [0.15, 0.2) is 60.8 Å². The first-order chi connectivity index (χ1) is 15.6. The number of hydroxylamine groups is 1. The molecule has 1 saturated carbocycles. The molecule has 4 rings (SSSR count). The lowest BCUT2D eigenvalue weighted by Gasteiger charge is -2.30. The number of amides is 2. The molecule has 0 unspecified atom stereocenters. The van der Waals surface area contributed by atoms with Crippen molar-refractivity contribution in [3.63, 3.8) is 0 Å². The Morgan fingerprint density at radius 1 is 1.03 bits per heavy atom. The number of carbonyl (C=O) groups excluding carboxylic acids is 2. The minimum atomic E-state index is -0.443. The molecular weight excluding hydrogens is 406 g/mol. The molecule has 1 aromatic heterocycles. The van der Waals surface area contributed by atoms with Crippen LogP contribution in [0.25, 0.3) is 10.9 Å². The highest BCUT2D eigenvalue weighted by molar-refractivity contribution is 5.93. The molecule has 1 fully saturated rings. The molecule has 2 amide bonds. The van der Waals surface area contributed by atoms with Crippen molar-refractivity contribution < 1.29 is 19.5 Å². The molecule has 3 N–H and O–H groups in total. The lowest BCUT2D eigenvalue weighted by molar-refractivity contribution is -0.132. The van der Waals surface area contributed by atoms with Crippen molar-refractivity contribution >= 4 is 28.4 Å². The molecule has 0 spiro atoms. The van der Waals surface area contributed by atoms with Gasteiger partial charge in [-0.25, -0.2) is 5.48 Å². The van der Waals surface area contributed by atoms with Crippen molar-refractivity contribution in [2.24, 2.45) is 11.8 Å². The summed E-state index contributed by atoms with van der Waals surface area (Å²) in [5.74, 6) is -0.0280. The van der Waals surface area contributed by atoms with E-state index in [1.54, 1.807) is 11.7 Å². The monoisotopic (exact) mass is 433 g/mol. The molecule has 1 aliphatic rings. The number of para-hydroxylation sites is 1. The molecule has 2 atom stereocenters. The topological polar surface area (TPSA) is 101 Å². The van der Waals surface area contributed by atoms with Crippen LogP contribution in [0.3, 0.4) is 0 Å². The zero-order chi connectivity index (χ0) is 22.3. The Labute approximate surface area is 186 Å². The van der Waals surface area contributed by atoms with Gasteiger partial charge in [-0.1, -0.05) is 37.1 Å². The number of nitrogens with zero attached hydrogens (tertiary/aromatic N) is 1. The summed E-state index contributed by atoms with van der Waals surface area (Å²) in [6, 6.07) is 17.3. The summed E-state index contributed by atoms with van der Waals surface area (Å²) < 4.78 is 6.00. The molecule has 1 heterocycles. The van der Waals surface area contributed by atoms with Crippen LogP contribution in [0.4, 0.5) is 5.69 Å². The Morgan fingerprint density at radius 2 is 1.81 bits per heavy atom. The molecule has 3 aromatic rings. The predicted molar refractivity (Wildman–Crippen MR) is 121 cm³/mol. The van der Waals surface area contributed by atoms with Gasteiger partial charge in [-0.05, 0) is 54.7 Å². The molecule has 0 saturated heterocycles. The van der Waals surface area contributed by atoms with E-state index in [0.29, 0.717) is 12.3 Å². The molecule has 0 aliphatic heterocycles. The van der Waals surface area contributed by atoms with Crippen LogP contribution in [0.1, 0.15) is 37.7 Å². The molecule has 1 aliphatic carbocycles. The van der Waals surface area contributed by atoms with Gasteiger partial charge in [0.15, 0.2) is 0 Å². The Balaban J connectivity index is 1.36. The maximum atomic E-state index is 12.8. The first-order valence-corrected chi connectivity index (χ1v) is 10.9. The summed E-state index contributed by atoms with van der Waals surface area (Å²) in [4.78, 5) is 28.7. The fourth-order valence-corrected chi connectivity index (χ4v) is 4.36. The summed E-state index contributed by atoms with van der Waals surface area (Å²) in [6.45, 7) is 0.406. The van der Waals surface area contributed by atoms with Crippen LogP contribution in [-0.2, 0) is 16.2 Å². The van der Waals surface area contributed by atoms with Gasteiger partial charge in [0.1, 0.15) is 12.4 Å². The maximum Gasteiger partial charge on any atom is 0.243 e. The summed E-state index contributed by atoms with van der Waals surface area (Å²) in [5, 5.41) is 12.8. The van der Waals surface area contributed by atoms with Crippen LogP contribution in [0, 0.1) is 11.8 Å². The lowest BCUT2D eigenvalue weighted by Crippen LogP contribution is -2.35. The zero-order valence-corrected chi connectivity index (χ0v) is 17.8. The van der Waals surface area contributed by atoms with Crippen molar-refractivity contribution in [2.75, 3.05) is 5.32 Å². The molecule has 7 nitrogen and oxygen atoms in total. The SMILES string of the molecule is O=C(C[C@H]1CCCC[C@@H]1C(=O)Nc1ccc(COc2ccnc3ccccc23)cc1)NO. The van der Waals surface area contributed by atoms with E-state index in [4.69, 9.17) is 9.94 Å². The number of rotatable bonds is 7. The summed E-state index contributed by atoms with van der Waals surface area (Å²) >= 11 is 0. The quantitative estimate of drug-likeness (QED) is 0.377. The van der Waals surface area contributed by atoms with E-state index >= 15 is 0 Å². The summed E-state index contributed by atoms with van der Waals surface area (Å²) in [5.41, 5.74) is 4.26. The van der Waals surface area contributed by atoms with Gasteiger partial charge in [0.05, 0.1) is 5.52 Å². The van der Waals surface area contributed by atoms with Crippen molar-refractivity contribution in [3.05, 3.63) is 66.4 Å². The van der Waals surface area contributed by atoms with Crippen LogP contribution in [0.5, 0.6) is 5.75 Å². The molecular formula is C25H27N3O4. The van der Waals surface area contributed by atoms with Gasteiger partial charge < -0.3 is 10.1 Å². The van der Waals surface area contributed by atoms with Crippen molar-refractivity contribution in [2.45, 2.75) is 38.7 Å². The first-order valence-electron chi connectivity index (χ1n) is 10.9. The van der Waals surface area contributed by atoms with Gasteiger partial charge in [0, 0.05) is 29.6 Å². The Morgan fingerprint density at radius 3 is 2.62 bits per heavy atom. The van der Waals surface area contributed by atoms with Crippen molar-refractivity contribution in [1.82, 2.24) is 10.5 Å². The maximum absolute atomic E-state index is 12.8. The van der Waals surface area contributed by atoms with E-state index in [1.807, 2.05) is 54.6 Å². The van der Waals surface area contributed by atoms with Crippen molar-refractivity contribution in [1.29, 1.82) is 0 Å². The summed E-state index contributed by atoms with van der Waals surface area (Å²) in [6.07, 6.45) is 5.42. The van der Waals surface area contributed by atoms with Gasteiger partial charge in [-0.2, -0.15) is 0 Å². The number of nitrogens with one attached hydrogen (secondary N) is 2. The number of benzene rings is 2. The molecule has 0 bridgehead atoms. The second kappa shape index (κ2) is 10.2. The Hall–Kier alpha value is -3.45. The van der Waals surface area contributed by atoms with Gasteiger partial charge in [-0.15, -0.1) is 0 Å².